The fraction of sp³-hybridized carbons (Fsp3) is 0.600. The van der Waals surface area contributed by atoms with E-state index >= 15 is 0 Å². The van der Waals surface area contributed by atoms with Crippen LogP contribution in [-0.2, 0) is 23.6 Å². The Kier molecular flexibility index (Phi) is 8.67. The molecule has 1 unspecified atom stereocenters. The molecule has 3 aliphatic rings. The number of carbonyl (C=O) groups is 1. The second-order valence-electron chi connectivity index (χ2n) is 11.8. The highest BCUT2D eigenvalue weighted by atomic mass is 19.4. The number of nitrogens with zero attached hydrogens (tertiary/aromatic N) is 4. The normalized spacial score (nSPS) is 22.9. The lowest BCUT2D eigenvalue weighted by atomic mass is 9.94. The second kappa shape index (κ2) is 11.9. The van der Waals surface area contributed by atoms with E-state index in [0.29, 0.717) is 35.7 Å². The van der Waals surface area contributed by atoms with Gasteiger partial charge in [-0.2, -0.15) is 26.3 Å². The van der Waals surface area contributed by atoms with Gasteiger partial charge in [0.15, 0.2) is 0 Å². The molecule has 242 valence electrons. The second-order valence-corrected chi connectivity index (χ2v) is 11.8. The zero-order valence-corrected chi connectivity index (χ0v) is 24.3. The number of amides is 1. The first-order chi connectivity index (χ1) is 20.6. The first kappa shape index (κ1) is 32.1. The van der Waals surface area contributed by atoms with E-state index in [4.69, 9.17) is 4.74 Å². The summed E-state index contributed by atoms with van der Waals surface area (Å²) in [5.41, 5.74) is -2.48. The van der Waals surface area contributed by atoms with Crippen molar-refractivity contribution in [3.63, 3.8) is 0 Å². The van der Waals surface area contributed by atoms with Crippen LogP contribution in [0.2, 0.25) is 0 Å². The molecule has 1 aliphatic carbocycles. The Balaban J connectivity index is 1.49. The van der Waals surface area contributed by atoms with Crippen molar-refractivity contribution in [1.29, 1.82) is 0 Å². The molecule has 2 atom stereocenters. The van der Waals surface area contributed by atoms with Crippen LogP contribution in [0.1, 0.15) is 80.7 Å². The van der Waals surface area contributed by atoms with E-state index in [-0.39, 0.29) is 31.6 Å². The minimum atomic E-state index is -5.06. The predicted octanol–water partition coefficient (Wildman–Crippen LogP) is 8.21. The van der Waals surface area contributed by atoms with Gasteiger partial charge < -0.3 is 14.5 Å². The van der Waals surface area contributed by atoms with E-state index < -0.39 is 59.7 Å². The van der Waals surface area contributed by atoms with Crippen LogP contribution in [0, 0.1) is 0 Å². The van der Waals surface area contributed by atoms with E-state index in [0.717, 1.165) is 32.1 Å². The van der Waals surface area contributed by atoms with Crippen molar-refractivity contribution in [1.82, 2.24) is 9.88 Å². The van der Waals surface area contributed by atoms with Crippen LogP contribution in [-0.4, -0.2) is 53.6 Å². The summed E-state index contributed by atoms with van der Waals surface area (Å²) in [7, 11) is 0. The molecule has 1 saturated carbocycles. The van der Waals surface area contributed by atoms with Gasteiger partial charge in [0.25, 0.3) is 5.92 Å². The Morgan fingerprint density at radius 2 is 1.64 bits per heavy atom. The lowest BCUT2D eigenvalue weighted by molar-refractivity contribution is -0.143. The third-order valence-electron chi connectivity index (χ3n) is 8.76. The number of benzene rings is 1. The van der Waals surface area contributed by atoms with Gasteiger partial charge in [-0.1, -0.05) is 19.3 Å². The van der Waals surface area contributed by atoms with E-state index in [1.165, 1.54) is 22.9 Å². The maximum Gasteiger partial charge on any atom is 0.416 e. The summed E-state index contributed by atoms with van der Waals surface area (Å²) in [4.78, 5) is 22.7. The number of pyridine rings is 1. The van der Waals surface area contributed by atoms with Crippen molar-refractivity contribution in [3.05, 3.63) is 52.7 Å². The molecule has 3 heterocycles. The Morgan fingerprint density at radius 1 is 1.00 bits per heavy atom. The number of aromatic nitrogens is 1. The number of cyclic esters (lactones) is 1. The van der Waals surface area contributed by atoms with Crippen molar-refractivity contribution in [2.24, 2.45) is 0 Å². The Morgan fingerprint density at radius 3 is 2.18 bits per heavy atom. The SMILES string of the molecule is CCN(c1ncc(N2CCC(F)(F)C2)cc1CN1C(=O)OC(c2cc(C(F)(F)F)cc(C(F)(F)F)c2)[C@@H]1C)C1CCCCC1. The molecule has 2 aliphatic heterocycles. The fourth-order valence-corrected chi connectivity index (χ4v) is 6.45. The number of hydrogen-bond donors (Lipinski definition) is 0. The maximum absolute atomic E-state index is 14.0. The first-order valence-electron chi connectivity index (χ1n) is 14.7. The number of carbonyl (C=O) groups excluding carboxylic acids is 1. The minimum absolute atomic E-state index is 0.0264. The van der Waals surface area contributed by atoms with Gasteiger partial charge in [0.05, 0.1) is 42.1 Å². The number of anilines is 2. The summed E-state index contributed by atoms with van der Waals surface area (Å²) in [6, 6.07) is 2.06. The zero-order chi connectivity index (χ0) is 32.0. The summed E-state index contributed by atoms with van der Waals surface area (Å²) in [5, 5.41) is 0. The maximum atomic E-state index is 14.0. The van der Waals surface area contributed by atoms with Crippen LogP contribution in [0.15, 0.2) is 30.5 Å². The lowest BCUT2D eigenvalue weighted by Gasteiger charge is -2.36. The van der Waals surface area contributed by atoms with Crippen LogP contribution in [0.5, 0.6) is 0 Å². The van der Waals surface area contributed by atoms with Gasteiger partial charge >= 0.3 is 18.4 Å². The molecule has 2 aromatic rings. The summed E-state index contributed by atoms with van der Waals surface area (Å²) >= 11 is 0. The zero-order valence-electron chi connectivity index (χ0n) is 24.3. The minimum Gasteiger partial charge on any atom is -0.439 e. The molecule has 0 radical (unpaired) electrons. The van der Waals surface area contributed by atoms with E-state index in [1.54, 1.807) is 6.07 Å². The summed E-state index contributed by atoms with van der Waals surface area (Å²) in [6.45, 7) is 3.51. The lowest BCUT2D eigenvalue weighted by Crippen LogP contribution is -2.39. The van der Waals surface area contributed by atoms with Gasteiger partial charge in [0.2, 0.25) is 0 Å². The molecular weight excluding hydrogens is 600 g/mol. The van der Waals surface area contributed by atoms with Gasteiger partial charge in [-0.15, -0.1) is 0 Å². The molecule has 1 amide bonds. The van der Waals surface area contributed by atoms with Crippen molar-refractivity contribution in [2.45, 2.75) is 95.4 Å². The Labute approximate surface area is 250 Å². The number of halogens is 8. The number of ether oxygens (including phenoxy) is 1. The summed E-state index contributed by atoms with van der Waals surface area (Å²) < 4.78 is 115. The average molecular weight is 635 g/mol. The fourth-order valence-electron chi connectivity index (χ4n) is 6.45. The smallest absolute Gasteiger partial charge is 0.416 e. The number of hydrogen-bond acceptors (Lipinski definition) is 5. The highest BCUT2D eigenvalue weighted by Gasteiger charge is 2.44. The number of rotatable bonds is 7. The molecule has 1 aromatic carbocycles. The highest BCUT2D eigenvalue weighted by Crippen LogP contribution is 2.42. The van der Waals surface area contributed by atoms with Crippen LogP contribution >= 0.6 is 0 Å². The monoisotopic (exact) mass is 634 g/mol. The Bertz CT molecular complexity index is 1330. The largest absolute Gasteiger partial charge is 0.439 e. The third kappa shape index (κ3) is 6.68. The molecular formula is C30H34F8N4O2. The summed E-state index contributed by atoms with van der Waals surface area (Å²) in [6.07, 6.45) is -6.20. The molecule has 44 heavy (non-hydrogen) atoms. The summed E-state index contributed by atoms with van der Waals surface area (Å²) in [5.74, 6) is -2.31. The topological polar surface area (TPSA) is 48.9 Å². The molecule has 6 nitrogen and oxygen atoms in total. The van der Waals surface area contributed by atoms with E-state index in [2.05, 4.69) is 9.88 Å². The van der Waals surface area contributed by atoms with Gasteiger partial charge in [0.1, 0.15) is 11.9 Å². The molecule has 0 spiro atoms. The van der Waals surface area contributed by atoms with Gasteiger partial charge in [-0.25, -0.2) is 18.6 Å². The van der Waals surface area contributed by atoms with Gasteiger partial charge in [0, 0.05) is 31.1 Å². The van der Waals surface area contributed by atoms with Crippen molar-refractivity contribution < 1.29 is 44.7 Å². The van der Waals surface area contributed by atoms with Crippen molar-refractivity contribution in [2.75, 3.05) is 29.4 Å². The van der Waals surface area contributed by atoms with E-state index in [9.17, 15) is 39.9 Å². The van der Waals surface area contributed by atoms with Crippen molar-refractivity contribution >= 4 is 17.6 Å². The highest BCUT2D eigenvalue weighted by molar-refractivity contribution is 5.72. The molecule has 3 fully saturated rings. The standard InChI is InChI=1S/C30H34F8N4O2/c1-3-41(23-7-5-4-6-8-23)26-20(13-24(15-39-26)40-10-9-28(31,32)17-40)16-42-18(2)25(44-27(42)43)19-11-21(29(33,34)35)14-22(12-19)30(36,37)38/h11-15,18,23,25H,3-10,16-17H2,1-2H3/t18-,25?/m0/s1. The van der Waals surface area contributed by atoms with E-state index in [1.807, 2.05) is 6.92 Å². The third-order valence-corrected chi connectivity index (χ3v) is 8.76. The van der Waals surface area contributed by atoms with Crippen LogP contribution in [0.3, 0.4) is 0 Å². The molecule has 2 saturated heterocycles. The molecule has 0 N–H and O–H groups in total. The van der Waals surface area contributed by atoms with Gasteiger partial charge in [-0.3, -0.25) is 4.90 Å². The van der Waals surface area contributed by atoms with Gasteiger partial charge in [-0.05, 0) is 56.5 Å². The number of alkyl halides is 8. The van der Waals surface area contributed by atoms with Crippen LogP contribution < -0.4 is 9.80 Å². The van der Waals surface area contributed by atoms with Crippen LogP contribution in [0.25, 0.3) is 0 Å². The Hall–Kier alpha value is -3.32. The van der Waals surface area contributed by atoms with Crippen molar-refractivity contribution in [3.8, 4) is 0 Å². The molecule has 14 heteroatoms. The molecule has 0 bridgehead atoms. The quantitative estimate of drug-likeness (QED) is 0.288. The average Bonchev–Trinajstić information content (AvgIpc) is 3.47. The van der Waals surface area contributed by atoms with Crippen LogP contribution in [0.4, 0.5) is 51.4 Å². The first-order valence-corrected chi connectivity index (χ1v) is 14.7. The molecule has 5 rings (SSSR count). The predicted molar refractivity (Wildman–Crippen MR) is 147 cm³/mol. The molecule has 1 aromatic heterocycles.